The monoisotopic (exact) mass is 359 g/mol. The van der Waals surface area contributed by atoms with Crippen molar-refractivity contribution in [1.29, 1.82) is 0 Å². The summed E-state index contributed by atoms with van der Waals surface area (Å²) < 4.78 is 24.6. The Labute approximate surface area is 151 Å². The van der Waals surface area contributed by atoms with E-state index >= 15 is 0 Å². The molecule has 1 atom stereocenters. The van der Waals surface area contributed by atoms with Crippen LogP contribution in [-0.4, -0.2) is 47.3 Å². The Balaban J connectivity index is 1.37. The van der Waals surface area contributed by atoms with E-state index in [0.717, 1.165) is 38.3 Å². The summed E-state index contributed by atoms with van der Waals surface area (Å²) in [4.78, 5) is 18.8. The maximum atomic E-state index is 13.7. The van der Waals surface area contributed by atoms with Crippen molar-refractivity contribution in [2.24, 2.45) is 0 Å². The number of hydrogen-bond donors (Lipinski definition) is 0. The van der Waals surface area contributed by atoms with E-state index in [2.05, 4.69) is 10.1 Å². The lowest BCUT2D eigenvalue weighted by atomic mass is 10.00. The van der Waals surface area contributed by atoms with Gasteiger partial charge in [0.05, 0.1) is 12.3 Å². The van der Waals surface area contributed by atoms with Crippen LogP contribution in [0, 0.1) is 5.82 Å². The Bertz CT molecular complexity index is 773. The van der Waals surface area contributed by atoms with Crippen LogP contribution in [0.15, 0.2) is 28.8 Å². The van der Waals surface area contributed by atoms with Gasteiger partial charge in [-0.05, 0) is 30.9 Å². The summed E-state index contributed by atoms with van der Waals surface area (Å²) in [5.74, 6) is 1.30. The molecule has 3 heterocycles. The molecular formula is C19H22FN3O3. The van der Waals surface area contributed by atoms with Crippen LogP contribution in [0.25, 0.3) is 0 Å². The molecular weight excluding hydrogens is 337 g/mol. The van der Waals surface area contributed by atoms with Gasteiger partial charge in [0.2, 0.25) is 11.8 Å². The molecule has 1 amide bonds. The van der Waals surface area contributed by atoms with Gasteiger partial charge in [-0.2, -0.15) is 4.98 Å². The Morgan fingerprint density at radius 3 is 2.81 bits per heavy atom. The molecule has 0 bridgehead atoms. The van der Waals surface area contributed by atoms with E-state index in [4.69, 9.17) is 9.26 Å². The first kappa shape index (κ1) is 17.1. The van der Waals surface area contributed by atoms with E-state index in [9.17, 15) is 9.18 Å². The molecule has 1 aromatic heterocycles. The molecule has 2 aliphatic rings. The predicted molar refractivity (Wildman–Crippen MR) is 91.1 cm³/mol. The van der Waals surface area contributed by atoms with Crippen LogP contribution in [0.4, 0.5) is 4.39 Å². The normalized spacial score (nSPS) is 21.3. The second kappa shape index (κ2) is 7.53. The molecule has 4 rings (SSSR count). The van der Waals surface area contributed by atoms with Gasteiger partial charge >= 0.3 is 0 Å². The number of carbonyl (C=O) groups is 1. The molecule has 2 aliphatic heterocycles. The van der Waals surface area contributed by atoms with Crippen molar-refractivity contribution in [2.75, 3.05) is 26.3 Å². The molecule has 0 N–H and O–H groups in total. The van der Waals surface area contributed by atoms with Gasteiger partial charge in [-0.3, -0.25) is 4.79 Å². The van der Waals surface area contributed by atoms with Crippen molar-refractivity contribution in [3.8, 4) is 0 Å². The van der Waals surface area contributed by atoms with Gasteiger partial charge in [-0.1, -0.05) is 23.4 Å². The fourth-order valence-electron chi connectivity index (χ4n) is 3.64. The second-order valence-electron chi connectivity index (χ2n) is 6.97. The van der Waals surface area contributed by atoms with Crippen LogP contribution in [0.3, 0.4) is 0 Å². The summed E-state index contributed by atoms with van der Waals surface area (Å²) in [5.41, 5.74) is 0.431. The third-order valence-electron chi connectivity index (χ3n) is 5.23. The highest BCUT2D eigenvalue weighted by Gasteiger charge is 2.32. The minimum absolute atomic E-state index is 0.0562. The first-order valence-electron chi connectivity index (χ1n) is 9.13. The smallest absolute Gasteiger partial charge is 0.231 e. The molecule has 0 unspecified atom stereocenters. The molecule has 0 spiro atoms. The van der Waals surface area contributed by atoms with Gasteiger partial charge in [0.25, 0.3) is 0 Å². The lowest BCUT2D eigenvalue weighted by Gasteiger charge is -2.18. The van der Waals surface area contributed by atoms with E-state index < -0.39 is 0 Å². The fourth-order valence-corrected chi connectivity index (χ4v) is 3.64. The number of rotatable bonds is 4. The van der Waals surface area contributed by atoms with Gasteiger partial charge in [0.15, 0.2) is 5.82 Å². The topological polar surface area (TPSA) is 68.5 Å². The zero-order valence-electron chi connectivity index (χ0n) is 14.6. The first-order chi connectivity index (χ1) is 12.7. The van der Waals surface area contributed by atoms with E-state index in [1.807, 2.05) is 0 Å². The number of hydrogen-bond acceptors (Lipinski definition) is 5. The van der Waals surface area contributed by atoms with Gasteiger partial charge in [0.1, 0.15) is 5.82 Å². The van der Waals surface area contributed by atoms with E-state index in [1.165, 1.54) is 6.07 Å². The maximum Gasteiger partial charge on any atom is 0.231 e. The molecule has 26 heavy (non-hydrogen) atoms. The van der Waals surface area contributed by atoms with Crippen molar-refractivity contribution >= 4 is 5.91 Å². The number of halogens is 1. The molecule has 6 nitrogen and oxygen atoms in total. The number of ether oxygens (including phenoxy) is 1. The molecule has 0 radical (unpaired) electrons. The summed E-state index contributed by atoms with van der Waals surface area (Å²) in [6, 6.07) is 6.40. The number of benzene rings is 1. The Kier molecular flexibility index (Phi) is 4.97. The van der Waals surface area contributed by atoms with E-state index in [0.29, 0.717) is 30.5 Å². The Morgan fingerprint density at radius 1 is 1.19 bits per heavy atom. The van der Waals surface area contributed by atoms with Gasteiger partial charge in [-0.15, -0.1) is 0 Å². The second-order valence-corrected chi connectivity index (χ2v) is 6.97. The standard InChI is InChI=1S/C19H22FN3O3/c20-16-4-2-1-3-14(16)11-17(24)23-8-5-15(12-23)19-21-18(22-26-19)13-6-9-25-10-7-13/h1-4,13,15H,5-12H2/t15-/m0/s1. The van der Waals surface area contributed by atoms with Crippen LogP contribution >= 0.6 is 0 Å². The molecule has 7 heteroatoms. The fraction of sp³-hybridized carbons (Fsp3) is 0.526. The summed E-state index contributed by atoms with van der Waals surface area (Å²) in [6.07, 6.45) is 2.70. The minimum Gasteiger partial charge on any atom is -0.381 e. The first-order valence-corrected chi connectivity index (χ1v) is 9.13. The molecule has 138 valence electrons. The number of aromatic nitrogens is 2. The van der Waals surface area contributed by atoms with Gasteiger partial charge in [-0.25, -0.2) is 4.39 Å². The minimum atomic E-state index is -0.338. The van der Waals surface area contributed by atoms with Crippen molar-refractivity contribution < 1.29 is 18.4 Å². The highest BCUT2D eigenvalue weighted by atomic mass is 19.1. The van der Waals surface area contributed by atoms with Crippen LogP contribution in [0.1, 0.15) is 48.4 Å². The zero-order chi connectivity index (χ0) is 17.9. The number of likely N-dealkylation sites (tertiary alicyclic amines) is 1. The number of nitrogens with zero attached hydrogens (tertiary/aromatic N) is 3. The third kappa shape index (κ3) is 3.62. The van der Waals surface area contributed by atoms with Crippen molar-refractivity contribution in [3.63, 3.8) is 0 Å². The van der Waals surface area contributed by atoms with Gasteiger partial charge in [0, 0.05) is 32.2 Å². The Hall–Kier alpha value is -2.28. The number of amides is 1. The van der Waals surface area contributed by atoms with Crippen LogP contribution in [0.2, 0.25) is 0 Å². The highest BCUT2D eigenvalue weighted by molar-refractivity contribution is 5.79. The van der Waals surface area contributed by atoms with E-state index in [-0.39, 0.29) is 24.1 Å². The van der Waals surface area contributed by atoms with Crippen LogP contribution in [-0.2, 0) is 16.0 Å². The maximum absolute atomic E-state index is 13.7. The van der Waals surface area contributed by atoms with Crippen molar-refractivity contribution in [1.82, 2.24) is 15.0 Å². The lowest BCUT2D eigenvalue weighted by molar-refractivity contribution is -0.129. The van der Waals surface area contributed by atoms with E-state index in [1.54, 1.807) is 23.1 Å². The summed E-state index contributed by atoms with van der Waals surface area (Å²) in [7, 11) is 0. The summed E-state index contributed by atoms with van der Waals surface area (Å²) in [6.45, 7) is 2.64. The van der Waals surface area contributed by atoms with Crippen molar-refractivity contribution in [3.05, 3.63) is 47.4 Å². The van der Waals surface area contributed by atoms with Crippen molar-refractivity contribution in [2.45, 2.75) is 37.5 Å². The zero-order valence-corrected chi connectivity index (χ0v) is 14.6. The molecule has 2 fully saturated rings. The summed E-state index contributed by atoms with van der Waals surface area (Å²) in [5, 5.41) is 4.14. The highest BCUT2D eigenvalue weighted by Crippen LogP contribution is 2.30. The molecule has 1 aromatic carbocycles. The van der Waals surface area contributed by atoms with Crippen LogP contribution in [0.5, 0.6) is 0 Å². The Morgan fingerprint density at radius 2 is 2.00 bits per heavy atom. The van der Waals surface area contributed by atoms with Crippen LogP contribution < -0.4 is 0 Å². The molecule has 0 aliphatic carbocycles. The number of carbonyl (C=O) groups excluding carboxylic acids is 1. The average Bonchev–Trinajstić information content (AvgIpc) is 3.34. The molecule has 2 aromatic rings. The predicted octanol–water partition coefficient (Wildman–Crippen LogP) is 2.66. The van der Waals surface area contributed by atoms with Gasteiger partial charge < -0.3 is 14.2 Å². The SMILES string of the molecule is O=C(Cc1ccccc1F)N1CC[C@H](c2nc(C3CCOCC3)no2)C1. The summed E-state index contributed by atoms with van der Waals surface area (Å²) >= 11 is 0. The third-order valence-corrected chi connectivity index (χ3v) is 5.23. The quantitative estimate of drug-likeness (QED) is 0.839. The average molecular weight is 359 g/mol. The molecule has 2 saturated heterocycles. The largest absolute Gasteiger partial charge is 0.381 e. The molecule has 0 saturated carbocycles. The lowest BCUT2D eigenvalue weighted by Crippen LogP contribution is -2.30.